The number of nitro benzene ring substituents is 1. The van der Waals surface area contributed by atoms with Crippen LogP contribution in [0.25, 0.3) is 0 Å². The molecular formula is C16H17N3O6S. The first-order valence-corrected chi connectivity index (χ1v) is 9.01. The van der Waals surface area contributed by atoms with Gasteiger partial charge in [0.05, 0.1) is 15.9 Å². The zero-order valence-electron chi connectivity index (χ0n) is 13.8. The molecule has 0 heterocycles. The molecule has 26 heavy (non-hydrogen) atoms. The summed E-state index contributed by atoms with van der Waals surface area (Å²) < 4.78 is 27.7. The fraction of sp³-hybridized carbons (Fsp3) is 0.188. The maximum absolute atomic E-state index is 12.0. The molecule has 0 fully saturated rings. The number of nitrogens with zero attached hydrogens (tertiary/aromatic N) is 1. The van der Waals surface area contributed by atoms with Crippen molar-refractivity contribution in [3.63, 3.8) is 0 Å². The number of amides is 1. The van der Waals surface area contributed by atoms with Crippen LogP contribution < -0.4 is 15.2 Å². The molecule has 0 aliphatic heterocycles. The lowest BCUT2D eigenvalue weighted by molar-refractivity contribution is -0.385. The summed E-state index contributed by atoms with van der Waals surface area (Å²) in [7, 11) is -3.78. The third kappa shape index (κ3) is 5.01. The number of nitrogens with one attached hydrogen (secondary N) is 1. The zero-order valence-corrected chi connectivity index (χ0v) is 14.6. The molecular weight excluding hydrogens is 362 g/mol. The zero-order chi connectivity index (χ0) is 19.3. The molecule has 0 aliphatic carbocycles. The van der Waals surface area contributed by atoms with E-state index in [2.05, 4.69) is 5.32 Å². The second-order valence-electron chi connectivity index (χ2n) is 5.42. The molecule has 0 unspecified atom stereocenters. The average Bonchev–Trinajstić information content (AvgIpc) is 2.59. The van der Waals surface area contributed by atoms with Crippen LogP contribution in [0.4, 0.5) is 5.69 Å². The second-order valence-corrected chi connectivity index (χ2v) is 6.98. The smallest absolute Gasteiger partial charge is 0.310 e. The van der Waals surface area contributed by atoms with Crippen LogP contribution in [0.5, 0.6) is 5.75 Å². The van der Waals surface area contributed by atoms with Crippen LogP contribution in [0.1, 0.15) is 18.5 Å². The standard InChI is InChI=1S/C16H17N3O6S/c1-11(12-6-8-13(9-7-12)26(17,23)24)18-16(20)10-25-15-5-3-2-4-14(15)19(21)22/h2-9,11H,10H2,1H3,(H,18,20)(H2,17,23,24)/t11-/m1/s1. The van der Waals surface area contributed by atoms with E-state index in [1.54, 1.807) is 13.0 Å². The Morgan fingerprint density at radius 3 is 2.42 bits per heavy atom. The van der Waals surface area contributed by atoms with Gasteiger partial charge in [-0.05, 0) is 30.7 Å². The maximum atomic E-state index is 12.0. The molecule has 0 saturated carbocycles. The fourth-order valence-electron chi connectivity index (χ4n) is 2.19. The summed E-state index contributed by atoms with van der Waals surface area (Å²) in [5.41, 5.74) is 0.434. The number of para-hydroxylation sites is 2. The van der Waals surface area contributed by atoms with Gasteiger partial charge in [-0.15, -0.1) is 0 Å². The molecule has 2 rings (SSSR count). The number of ether oxygens (including phenoxy) is 1. The van der Waals surface area contributed by atoms with Gasteiger partial charge in [-0.1, -0.05) is 24.3 Å². The van der Waals surface area contributed by atoms with Gasteiger partial charge in [0.15, 0.2) is 12.4 Å². The molecule has 2 aromatic rings. The molecule has 0 saturated heterocycles. The van der Waals surface area contributed by atoms with Crippen molar-refractivity contribution in [2.75, 3.05) is 6.61 Å². The van der Waals surface area contributed by atoms with E-state index in [0.29, 0.717) is 5.56 Å². The van der Waals surface area contributed by atoms with Crippen LogP contribution in [0.3, 0.4) is 0 Å². The third-order valence-corrected chi connectivity index (χ3v) is 4.44. The molecule has 0 aliphatic rings. The first kappa shape index (κ1) is 19.3. The minimum absolute atomic E-state index is 0.00203. The van der Waals surface area contributed by atoms with Crippen LogP contribution >= 0.6 is 0 Å². The van der Waals surface area contributed by atoms with Crippen molar-refractivity contribution in [2.24, 2.45) is 5.14 Å². The lowest BCUT2D eigenvalue weighted by Gasteiger charge is -2.15. The van der Waals surface area contributed by atoms with Gasteiger partial charge in [-0.25, -0.2) is 13.6 Å². The lowest BCUT2D eigenvalue weighted by Crippen LogP contribution is -2.31. The minimum atomic E-state index is -3.78. The van der Waals surface area contributed by atoms with Crippen molar-refractivity contribution in [1.29, 1.82) is 0 Å². The molecule has 1 amide bonds. The third-order valence-electron chi connectivity index (χ3n) is 3.51. The highest BCUT2D eigenvalue weighted by molar-refractivity contribution is 7.89. The van der Waals surface area contributed by atoms with Crippen LogP contribution in [0, 0.1) is 10.1 Å². The normalized spacial score (nSPS) is 12.2. The summed E-state index contributed by atoms with van der Waals surface area (Å²) in [6.45, 7) is 1.30. The summed E-state index contributed by atoms with van der Waals surface area (Å²) >= 11 is 0. The number of carbonyl (C=O) groups is 1. The number of nitrogens with two attached hydrogens (primary N) is 1. The van der Waals surface area contributed by atoms with E-state index in [9.17, 15) is 23.3 Å². The van der Waals surface area contributed by atoms with E-state index in [0.717, 1.165) is 0 Å². The first-order chi connectivity index (χ1) is 12.2. The Bertz CT molecular complexity index is 912. The topological polar surface area (TPSA) is 142 Å². The largest absolute Gasteiger partial charge is 0.477 e. The molecule has 0 spiro atoms. The van der Waals surface area contributed by atoms with Crippen molar-refractivity contribution in [3.8, 4) is 5.75 Å². The Morgan fingerprint density at radius 1 is 1.23 bits per heavy atom. The van der Waals surface area contributed by atoms with Crippen molar-refractivity contribution in [2.45, 2.75) is 17.9 Å². The molecule has 138 valence electrons. The summed E-state index contributed by atoms with van der Waals surface area (Å²) in [6, 6.07) is 11.1. The molecule has 0 aromatic heterocycles. The maximum Gasteiger partial charge on any atom is 0.310 e. The van der Waals surface area contributed by atoms with Crippen LogP contribution in [-0.4, -0.2) is 25.9 Å². The highest BCUT2D eigenvalue weighted by atomic mass is 32.2. The van der Waals surface area contributed by atoms with Crippen LogP contribution in [0.15, 0.2) is 53.4 Å². The van der Waals surface area contributed by atoms with E-state index < -0.39 is 33.5 Å². The van der Waals surface area contributed by atoms with Crippen molar-refractivity contribution in [1.82, 2.24) is 5.32 Å². The first-order valence-electron chi connectivity index (χ1n) is 7.47. The number of sulfonamides is 1. The fourth-order valence-corrected chi connectivity index (χ4v) is 2.70. The predicted molar refractivity (Wildman–Crippen MR) is 93.0 cm³/mol. The van der Waals surface area contributed by atoms with Crippen molar-refractivity contribution >= 4 is 21.6 Å². The Balaban J connectivity index is 1.96. The van der Waals surface area contributed by atoms with Crippen LogP contribution in [0.2, 0.25) is 0 Å². The molecule has 3 N–H and O–H groups in total. The molecule has 9 nitrogen and oxygen atoms in total. The monoisotopic (exact) mass is 379 g/mol. The number of nitro groups is 1. The van der Waals surface area contributed by atoms with Gasteiger partial charge in [-0.3, -0.25) is 14.9 Å². The summed E-state index contributed by atoms with van der Waals surface area (Å²) in [5, 5.41) is 18.6. The van der Waals surface area contributed by atoms with Gasteiger partial charge < -0.3 is 10.1 Å². The number of benzene rings is 2. The Morgan fingerprint density at radius 2 is 1.85 bits per heavy atom. The van der Waals surface area contributed by atoms with E-state index >= 15 is 0 Å². The van der Waals surface area contributed by atoms with Gasteiger partial charge in [0.25, 0.3) is 5.91 Å². The highest BCUT2D eigenvalue weighted by Crippen LogP contribution is 2.25. The quantitative estimate of drug-likeness (QED) is 0.551. The lowest BCUT2D eigenvalue weighted by atomic mass is 10.1. The molecule has 10 heteroatoms. The van der Waals surface area contributed by atoms with Gasteiger partial charge in [0.2, 0.25) is 10.0 Å². The number of primary sulfonamides is 1. The number of hydrogen-bond donors (Lipinski definition) is 2. The highest BCUT2D eigenvalue weighted by Gasteiger charge is 2.16. The molecule has 0 bridgehead atoms. The molecule has 1 atom stereocenters. The van der Waals surface area contributed by atoms with Gasteiger partial charge in [-0.2, -0.15) is 0 Å². The SMILES string of the molecule is C[C@@H](NC(=O)COc1ccccc1[N+](=O)[O-])c1ccc(S(N)(=O)=O)cc1. The van der Waals surface area contributed by atoms with Crippen LogP contribution in [-0.2, 0) is 14.8 Å². The van der Waals surface area contributed by atoms with E-state index in [4.69, 9.17) is 9.88 Å². The second kappa shape index (κ2) is 7.93. The number of carbonyl (C=O) groups excluding carboxylic acids is 1. The predicted octanol–water partition coefficient (Wildman–Crippen LogP) is 1.50. The summed E-state index contributed by atoms with van der Waals surface area (Å²) in [6.07, 6.45) is 0. The Kier molecular flexibility index (Phi) is 5.90. The molecule has 2 aromatic carbocycles. The summed E-state index contributed by atoms with van der Waals surface area (Å²) in [4.78, 5) is 22.3. The number of rotatable bonds is 7. The van der Waals surface area contributed by atoms with E-state index in [-0.39, 0.29) is 16.3 Å². The van der Waals surface area contributed by atoms with Gasteiger partial charge >= 0.3 is 5.69 Å². The van der Waals surface area contributed by atoms with Crippen molar-refractivity contribution in [3.05, 3.63) is 64.2 Å². The van der Waals surface area contributed by atoms with E-state index in [1.165, 1.54) is 42.5 Å². The van der Waals surface area contributed by atoms with E-state index in [1.807, 2.05) is 0 Å². The number of hydrogen-bond acceptors (Lipinski definition) is 6. The minimum Gasteiger partial charge on any atom is -0.477 e. The Labute approximate surface area is 150 Å². The summed E-state index contributed by atoms with van der Waals surface area (Å²) in [5.74, 6) is -0.482. The van der Waals surface area contributed by atoms with Gasteiger partial charge in [0, 0.05) is 6.07 Å². The van der Waals surface area contributed by atoms with Gasteiger partial charge in [0.1, 0.15) is 0 Å². The molecule has 0 radical (unpaired) electrons. The van der Waals surface area contributed by atoms with Crippen molar-refractivity contribution < 1.29 is 22.9 Å². The Hall–Kier alpha value is -2.98. The average molecular weight is 379 g/mol.